The zero-order valence-electron chi connectivity index (χ0n) is 11.9. The summed E-state index contributed by atoms with van der Waals surface area (Å²) < 4.78 is 39.5. The van der Waals surface area contributed by atoms with Crippen LogP contribution in [-0.4, -0.2) is 25.7 Å². The molecule has 0 spiro atoms. The van der Waals surface area contributed by atoms with Crippen molar-refractivity contribution in [3.8, 4) is 0 Å². The fraction of sp³-hybridized carbons (Fsp3) is 0.600. The summed E-state index contributed by atoms with van der Waals surface area (Å²) in [5.41, 5.74) is 0.419. The molecule has 0 saturated carbocycles. The highest BCUT2D eigenvalue weighted by Gasteiger charge is 2.26. The number of nitrogens with zero attached hydrogens (tertiary/aromatic N) is 1. The Morgan fingerprint density at radius 1 is 1.25 bits per heavy atom. The standard InChI is InChI=1S/C15H21F3N2/c1-3-5-19-14-4-6-20(9-10(14)2)11-7-12(16)15(18)13(17)8-11/h7-8,10,14,19H,3-6,9H2,1-2H3. The molecule has 2 rings (SSSR count). The largest absolute Gasteiger partial charge is 0.371 e. The second kappa shape index (κ2) is 6.48. The lowest BCUT2D eigenvalue weighted by Crippen LogP contribution is -2.48. The lowest BCUT2D eigenvalue weighted by molar-refractivity contribution is 0.322. The van der Waals surface area contributed by atoms with Crippen molar-refractivity contribution in [2.75, 3.05) is 24.5 Å². The van der Waals surface area contributed by atoms with Crippen molar-refractivity contribution in [2.24, 2.45) is 5.92 Å². The maximum absolute atomic E-state index is 13.3. The van der Waals surface area contributed by atoms with Crippen molar-refractivity contribution in [1.82, 2.24) is 5.32 Å². The zero-order chi connectivity index (χ0) is 14.7. The van der Waals surface area contributed by atoms with Gasteiger partial charge < -0.3 is 10.2 Å². The molecule has 2 atom stereocenters. The van der Waals surface area contributed by atoms with Crippen LogP contribution in [0.15, 0.2) is 12.1 Å². The van der Waals surface area contributed by atoms with Gasteiger partial charge in [-0.3, -0.25) is 0 Å². The molecular formula is C15H21F3N2. The molecule has 20 heavy (non-hydrogen) atoms. The molecule has 1 aliphatic heterocycles. The van der Waals surface area contributed by atoms with Crippen molar-refractivity contribution in [3.63, 3.8) is 0 Å². The molecule has 1 saturated heterocycles. The van der Waals surface area contributed by atoms with Crippen LogP contribution in [-0.2, 0) is 0 Å². The summed E-state index contributed by atoms with van der Waals surface area (Å²) in [6.07, 6.45) is 2.00. The van der Waals surface area contributed by atoms with Gasteiger partial charge in [0.1, 0.15) is 0 Å². The van der Waals surface area contributed by atoms with Crippen LogP contribution in [0.5, 0.6) is 0 Å². The number of rotatable bonds is 4. The Bertz CT molecular complexity index is 441. The summed E-state index contributed by atoms with van der Waals surface area (Å²) in [6, 6.07) is 2.58. The summed E-state index contributed by atoms with van der Waals surface area (Å²) in [7, 11) is 0. The highest BCUT2D eigenvalue weighted by atomic mass is 19.2. The van der Waals surface area contributed by atoms with Gasteiger partial charge in [-0.2, -0.15) is 0 Å². The van der Waals surface area contributed by atoms with Crippen molar-refractivity contribution in [1.29, 1.82) is 0 Å². The molecule has 0 amide bonds. The van der Waals surface area contributed by atoms with E-state index in [1.807, 2.05) is 4.90 Å². The molecule has 0 aliphatic carbocycles. The minimum Gasteiger partial charge on any atom is -0.371 e. The number of nitrogens with one attached hydrogen (secondary N) is 1. The lowest BCUT2D eigenvalue weighted by Gasteiger charge is -2.38. The first-order valence-corrected chi connectivity index (χ1v) is 7.15. The molecule has 1 heterocycles. The molecule has 1 aromatic carbocycles. The molecule has 5 heteroatoms. The van der Waals surface area contributed by atoms with E-state index in [2.05, 4.69) is 19.2 Å². The van der Waals surface area contributed by atoms with Crippen LogP contribution in [0.2, 0.25) is 0 Å². The number of piperidine rings is 1. The fourth-order valence-electron chi connectivity index (χ4n) is 2.74. The minimum absolute atomic E-state index is 0.381. The monoisotopic (exact) mass is 286 g/mol. The molecule has 0 radical (unpaired) electrons. The van der Waals surface area contributed by atoms with E-state index in [4.69, 9.17) is 0 Å². The van der Waals surface area contributed by atoms with Crippen molar-refractivity contribution >= 4 is 5.69 Å². The van der Waals surface area contributed by atoms with Crippen LogP contribution >= 0.6 is 0 Å². The molecule has 0 bridgehead atoms. The lowest BCUT2D eigenvalue weighted by atomic mass is 9.93. The Balaban J connectivity index is 2.05. The van der Waals surface area contributed by atoms with E-state index in [1.165, 1.54) is 0 Å². The number of anilines is 1. The Morgan fingerprint density at radius 3 is 2.45 bits per heavy atom. The van der Waals surface area contributed by atoms with E-state index >= 15 is 0 Å². The van der Waals surface area contributed by atoms with Crippen LogP contribution in [0, 0.1) is 23.4 Å². The Morgan fingerprint density at radius 2 is 1.90 bits per heavy atom. The fourth-order valence-corrected chi connectivity index (χ4v) is 2.74. The first-order chi connectivity index (χ1) is 9.52. The van der Waals surface area contributed by atoms with Gasteiger partial charge in [0.25, 0.3) is 0 Å². The van der Waals surface area contributed by atoms with Gasteiger partial charge in [-0.1, -0.05) is 13.8 Å². The number of benzene rings is 1. The summed E-state index contributed by atoms with van der Waals surface area (Å²) in [4.78, 5) is 1.92. The van der Waals surface area contributed by atoms with Crippen molar-refractivity contribution in [2.45, 2.75) is 32.7 Å². The van der Waals surface area contributed by atoms with Gasteiger partial charge in [0.05, 0.1) is 0 Å². The van der Waals surface area contributed by atoms with Gasteiger partial charge in [0.2, 0.25) is 0 Å². The number of hydrogen-bond donors (Lipinski definition) is 1. The molecule has 1 aliphatic rings. The first-order valence-electron chi connectivity index (χ1n) is 7.15. The highest BCUT2D eigenvalue weighted by Crippen LogP contribution is 2.26. The summed E-state index contributed by atoms with van der Waals surface area (Å²) in [5.74, 6) is -3.27. The molecular weight excluding hydrogens is 265 g/mol. The molecule has 1 aromatic rings. The predicted octanol–water partition coefficient (Wildman–Crippen LogP) is 3.32. The van der Waals surface area contributed by atoms with Crippen LogP contribution < -0.4 is 10.2 Å². The topological polar surface area (TPSA) is 15.3 Å². The normalized spacial score (nSPS) is 23.1. The van der Waals surface area contributed by atoms with Crippen LogP contribution in [0.4, 0.5) is 18.9 Å². The first kappa shape index (κ1) is 15.2. The van der Waals surface area contributed by atoms with Gasteiger partial charge in [0.15, 0.2) is 17.5 Å². The molecule has 112 valence electrons. The van der Waals surface area contributed by atoms with Crippen LogP contribution in [0.3, 0.4) is 0 Å². The van der Waals surface area contributed by atoms with Gasteiger partial charge >= 0.3 is 0 Å². The second-order valence-corrected chi connectivity index (χ2v) is 5.50. The molecule has 1 fully saturated rings. The molecule has 0 aromatic heterocycles. The number of halogens is 3. The maximum Gasteiger partial charge on any atom is 0.194 e. The SMILES string of the molecule is CCCNC1CCN(c2cc(F)c(F)c(F)c2)CC1C. The van der Waals surface area contributed by atoms with Gasteiger partial charge in [-0.15, -0.1) is 0 Å². The van der Waals surface area contributed by atoms with Crippen LogP contribution in [0.25, 0.3) is 0 Å². The van der Waals surface area contributed by atoms with E-state index in [9.17, 15) is 13.2 Å². The van der Waals surface area contributed by atoms with Crippen molar-refractivity contribution in [3.05, 3.63) is 29.6 Å². The van der Waals surface area contributed by atoms with E-state index in [0.717, 1.165) is 38.1 Å². The van der Waals surface area contributed by atoms with Gasteiger partial charge in [0, 0.05) is 37.0 Å². The quantitative estimate of drug-likeness (QED) is 0.854. The van der Waals surface area contributed by atoms with E-state index in [-0.39, 0.29) is 0 Å². The average Bonchev–Trinajstić information content (AvgIpc) is 2.43. The molecule has 2 unspecified atom stereocenters. The smallest absolute Gasteiger partial charge is 0.194 e. The minimum atomic E-state index is -1.40. The highest BCUT2D eigenvalue weighted by molar-refractivity contribution is 5.47. The van der Waals surface area contributed by atoms with Crippen LogP contribution in [0.1, 0.15) is 26.7 Å². The van der Waals surface area contributed by atoms with E-state index < -0.39 is 17.5 Å². The summed E-state index contributed by atoms with van der Waals surface area (Å²) in [6.45, 7) is 6.66. The Hall–Kier alpha value is -1.23. The van der Waals surface area contributed by atoms with E-state index in [1.54, 1.807) is 0 Å². The third kappa shape index (κ3) is 3.26. The average molecular weight is 286 g/mol. The zero-order valence-corrected chi connectivity index (χ0v) is 11.9. The van der Waals surface area contributed by atoms with E-state index in [0.29, 0.717) is 24.2 Å². The second-order valence-electron chi connectivity index (χ2n) is 5.50. The molecule has 1 N–H and O–H groups in total. The van der Waals surface area contributed by atoms with Gasteiger partial charge in [-0.05, 0) is 25.3 Å². The maximum atomic E-state index is 13.3. The third-order valence-corrected chi connectivity index (χ3v) is 3.90. The Kier molecular flexibility index (Phi) is 4.91. The molecule has 2 nitrogen and oxygen atoms in total. The Labute approximate surface area is 118 Å². The number of hydrogen-bond acceptors (Lipinski definition) is 2. The summed E-state index contributed by atoms with van der Waals surface area (Å²) >= 11 is 0. The van der Waals surface area contributed by atoms with Crippen molar-refractivity contribution < 1.29 is 13.2 Å². The third-order valence-electron chi connectivity index (χ3n) is 3.90. The predicted molar refractivity (Wildman–Crippen MR) is 74.4 cm³/mol. The van der Waals surface area contributed by atoms with Gasteiger partial charge in [-0.25, -0.2) is 13.2 Å². The summed E-state index contributed by atoms with van der Waals surface area (Å²) in [5, 5.41) is 3.49.